The molecule has 16 heavy (non-hydrogen) atoms. The summed E-state index contributed by atoms with van der Waals surface area (Å²) < 4.78 is 0. The minimum absolute atomic E-state index is 0.175. The Morgan fingerprint density at radius 1 is 1.00 bits per heavy atom. The second-order valence-electron chi connectivity index (χ2n) is 5.12. The lowest BCUT2D eigenvalue weighted by Crippen LogP contribution is -2.32. The molecule has 4 nitrogen and oxygen atoms in total. The molecule has 0 heterocycles. The Hall–Kier alpha value is -0.480. The standard InChI is InChI=1S/C12H26N2O2/c1-8-11(5,6)15-16-12(7,9-2)14-13-10(3)4/h10H,8-9H2,1-7H3/b14-13+. The van der Waals surface area contributed by atoms with Crippen molar-refractivity contribution in [2.45, 2.75) is 78.7 Å². The van der Waals surface area contributed by atoms with E-state index in [1.807, 2.05) is 41.5 Å². The Labute approximate surface area is 99.4 Å². The summed E-state index contributed by atoms with van der Waals surface area (Å²) in [5.41, 5.74) is -0.972. The molecule has 0 aliphatic rings. The maximum Gasteiger partial charge on any atom is 0.209 e. The van der Waals surface area contributed by atoms with Crippen LogP contribution in [0.4, 0.5) is 0 Å². The third-order valence-corrected chi connectivity index (χ3v) is 2.45. The maximum atomic E-state index is 5.42. The molecule has 0 saturated heterocycles. The van der Waals surface area contributed by atoms with Crippen LogP contribution in [0.1, 0.15) is 61.3 Å². The second-order valence-corrected chi connectivity index (χ2v) is 5.12. The predicted octanol–water partition coefficient (Wildman–Crippen LogP) is 4.11. The zero-order valence-corrected chi connectivity index (χ0v) is 11.7. The number of hydrogen-bond acceptors (Lipinski definition) is 4. The van der Waals surface area contributed by atoms with Crippen LogP contribution in [-0.2, 0) is 9.78 Å². The Balaban J connectivity index is 4.38. The van der Waals surface area contributed by atoms with E-state index in [0.717, 1.165) is 12.8 Å². The minimum Gasteiger partial charge on any atom is -0.228 e. The average Bonchev–Trinajstić information content (AvgIpc) is 2.24. The lowest BCUT2D eigenvalue weighted by molar-refractivity contribution is -0.404. The molecule has 0 saturated carbocycles. The van der Waals surface area contributed by atoms with Crippen LogP contribution >= 0.6 is 0 Å². The molecule has 1 atom stereocenters. The molecule has 0 N–H and O–H groups in total. The van der Waals surface area contributed by atoms with Crippen LogP contribution in [0.5, 0.6) is 0 Å². The number of hydrogen-bond donors (Lipinski definition) is 0. The summed E-state index contributed by atoms with van der Waals surface area (Å²) in [6.07, 6.45) is 1.61. The summed E-state index contributed by atoms with van der Waals surface area (Å²) in [5, 5.41) is 8.30. The van der Waals surface area contributed by atoms with Crippen LogP contribution < -0.4 is 0 Å². The van der Waals surface area contributed by atoms with Gasteiger partial charge in [0.25, 0.3) is 0 Å². The fourth-order valence-electron chi connectivity index (χ4n) is 0.645. The highest BCUT2D eigenvalue weighted by molar-refractivity contribution is 4.68. The molecule has 0 radical (unpaired) electrons. The smallest absolute Gasteiger partial charge is 0.209 e. The Morgan fingerprint density at radius 2 is 1.56 bits per heavy atom. The first kappa shape index (κ1) is 15.5. The molecule has 0 aliphatic carbocycles. The van der Waals surface area contributed by atoms with Gasteiger partial charge in [0, 0.05) is 0 Å². The molecule has 0 spiro atoms. The third kappa shape index (κ3) is 6.18. The highest BCUT2D eigenvalue weighted by Gasteiger charge is 2.28. The van der Waals surface area contributed by atoms with E-state index in [9.17, 15) is 0 Å². The van der Waals surface area contributed by atoms with Gasteiger partial charge in [-0.25, -0.2) is 9.78 Å². The van der Waals surface area contributed by atoms with Crippen molar-refractivity contribution < 1.29 is 9.78 Å². The SMILES string of the molecule is CCC(C)(C)OOC(C)(CC)/N=N/C(C)C. The van der Waals surface area contributed by atoms with Crippen molar-refractivity contribution in [2.24, 2.45) is 10.2 Å². The minimum atomic E-state index is -0.684. The van der Waals surface area contributed by atoms with Crippen molar-refractivity contribution in [3.63, 3.8) is 0 Å². The second kappa shape index (κ2) is 6.30. The summed E-state index contributed by atoms with van der Waals surface area (Å²) in [7, 11) is 0. The van der Waals surface area contributed by atoms with Crippen molar-refractivity contribution in [2.75, 3.05) is 0 Å². The molecule has 0 aromatic rings. The van der Waals surface area contributed by atoms with E-state index in [2.05, 4.69) is 17.2 Å². The summed E-state index contributed by atoms with van der Waals surface area (Å²) in [5.74, 6) is 0. The Kier molecular flexibility index (Phi) is 6.11. The van der Waals surface area contributed by atoms with Crippen molar-refractivity contribution in [3.05, 3.63) is 0 Å². The summed E-state index contributed by atoms with van der Waals surface area (Å²) in [4.78, 5) is 10.8. The highest BCUT2D eigenvalue weighted by Crippen LogP contribution is 2.23. The van der Waals surface area contributed by atoms with Gasteiger partial charge in [-0.2, -0.15) is 10.2 Å². The molecule has 0 aliphatic heterocycles. The van der Waals surface area contributed by atoms with Gasteiger partial charge >= 0.3 is 0 Å². The third-order valence-electron chi connectivity index (χ3n) is 2.45. The van der Waals surface area contributed by atoms with E-state index in [1.165, 1.54) is 0 Å². The van der Waals surface area contributed by atoms with Crippen molar-refractivity contribution in [1.29, 1.82) is 0 Å². The summed E-state index contributed by atoms with van der Waals surface area (Å²) in [6.45, 7) is 13.9. The molecule has 96 valence electrons. The molecule has 0 fully saturated rings. The lowest BCUT2D eigenvalue weighted by Gasteiger charge is -2.28. The summed E-state index contributed by atoms with van der Waals surface area (Å²) in [6, 6.07) is 0.175. The van der Waals surface area contributed by atoms with Crippen LogP contribution in [0.3, 0.4) is 0 Å². The summed E-state index contributed by atoms with van der Waals surface area (Å²) >= 11 is 0. The van der Waals surface area contributed by atoms with Crippen LogP contribution in [0.25, 0.3) is 0 Å². The topological polar surface area (TPSA) is 43.2 Å². The van der Waals surface area contributed by atoms with Crippen LogP contribution in [0.15, 0.2) is 10.2 Å². The molecule has 0 bridgehead atoms. The van der Waals surface area contributed by atoms with E-state index in [4.69, 9.17) is 9.78 Å². The van der Waals surface area contributed by atoms with E-state index >= 15 is 0 Å². The molecule has 4 heteroatoms. The molecule has 1 unspecified atom stereocenters. The van der Waals surface area contributed by atoms with Gasteiger partial charge in [0.05, 0.1) is 11.6 Å². The van der Waals surface area contributed by atoms with Crippen molar-refractivity contribution >= 4 is 0 Å². The predicted molar refractivity (Wildman–Crippen MR) is 65.2 cm³/mol. The van der Waals surface area contributed by atoms with Gasteiger partial charge in [-0.3, -0.25) is 0 Å². The first-order valence-corrected chi connectivity index (χ1v) is 6.03. The van der Waals surface area contributed by atoms with E-state index in [0.29, 0.717) is 0 Å². The van der Waals surface area contributed by atoms with E-state index < -0.39 is 5.72 Å². The fourth-order valence-corrected chi connectivity index (χ4v) is 0.645. The fraction of sp³-hybridized carbons (Fsp3) is 1.00. The van der Waals surface area contributed by atoms with Gasteiger partial charge in [-0.05, 0) is 47.5 Å². The molecule has 0 rings (SSSR count). The highest BCUT2D eigenvalue weighted by atomic mass is 17.2. The first-order chi connectivity index (χ1) is 7.24. The van der Waals surface area contributed by atoms with E-state index in [1.54, 1.807) is 0 Å². The van der Waals surface area contributed by atoms with Crippen LogP contribution in [0, 0.1) is 0 Å². The normalized spacial score (nSPS) is 17.0. The molecule has 0 aromatic heterocycles. The van der Waals surface area contributed by atoms with Crippen molar-refractivity contribution in [3.8, 4) is 0 Å². The number of rotatable bonds is 7. The van der Waals surface area contributed by atoms with Gasteiger partial charge in [0.15, 0.2) is 0 Å². The van der Waals surface area contributed by atoms with Gasteiger partial charge in [-0.1, -0.05) is 13.8 Å². The van der Waals surface area contributed by atoms with Crippen LogP contribution in [0.2, 0.25) is 0 Å². The zero-order chi connectivity index (χ0) is 12.8. The molecule has 0 amide bonds. The lowest BCUT2D eigenvalue weighted by atomic mass is 10.1. The molecular formula is C12H26N2O2. The number of azo groups is 1. The maximum absolute atomic E-state index is 5.42. The van der Waals surface area contributed by atoms with Crippen LogP contribution in [-0.4, -0.2) is 17.4 Å². The van der Waals surface area contributed by atoms with Gasteiger partial charge in [0.2, 0.25) is 5.72 Å². The van der Waals surface area contributed by atoms with Crippen molar-refractivity contribution in [1.82, 2.24) is 0 Å². The monoisotopic (exact) mass is 230 g/mol. The largest absolute Gasteiger partial charge is 0.228 e. The van der Waals surface area contributed by atoms with E-state index in [-0.39, 0.29) is 11.6 Å². The quantitative estimate of drug-likeness (QED) is 0.375. The molecule has 0 aromatic carbocycles. The molecular weight excluding hydrogens is 204 g/mol. The van der Waals surface area contributed by atoms with Gasteiger partial charge < -0.3 is 0 Å². The zero-order valence-electron chi connectivity index (χ0n) is 11.7. The van der Waals surface area contributed by atoms with Gasteiger partial charge in [0.1, 0.15) is 0 Å². The number of nitrogens with zero attached hydrogens (tertiary/aromatic N) is 2. The Bertz CT molecular complexity index is 227. The van der Waals surface area contributed by atoms with Gasteiger partial charge in [-0.15, -0.1) is 0 Å². The Morgan fingerprint density at radius 3 is 1.94 bits per heavy atom. The average molecular weight is 230 g/mol. The first-order valence-electron chi connectivity index (χ1n) is 6.03.